The molecule has 0 saturated carbocycles. The summed E-state index contributed by atoms with van der Waals surface area (Å²) in [5, 5.41) is 0. The van der Waals surface area contributed by atoms with Crippen LogP contribution in [0.3, 0.4) is 0 Å². The van der Waals surface area contributed by atoms with Gasteiger partial charge in [0.2, 0.25) is 0 Å². The van der Waals surface area contributed by atoms with Gasteiger partial charge >= 0.3 is 7.48 Å². The van der Waals surface area contributed by atoms with E-state index in [1.54, 1.807) is 13.7 Å². The average molecular weight is 78.9 g/mol. The summed E-state index contributed by atoms with van der Waals surface area (Å²) < 4.78 is 4.68. The van der Waals surface area contributed by atoms with Crippen molar-refractivity contribution in [2.24, 2.45) is 0 Å². The Hall–Kier alpha value is -0.655. The summed E-state index contributed by atoms with van der Waals surface area (Å²) in [5.74, 6) is 1.83. The van der Waals surface area contributed by atoms with E-state index in [2.05, 4.69) is 4.65 Å². The molecule has 1 heterocycles. The third kappa shape index (κ3) is 0.644. The number of rotatable bonds is 0. The Morgan fingerprint density at radius 2 is 2.33 bits per heavy atom. The van der Waals surface area contributed by atoms with E-state index in [-0.39, 0.29) is 0 Å². The summed E-state index contributed by atoms with van der Waals surface area (Å²) in [4.78, 5) is 0. The van der Waals surface area contributed by atoms with Gasteiger partial charge in [-0.1, -0.05) is 12.1 Å². The summed E-state index contributed by atoms with van der Waals surface area (Å²) in [6.07, 6.45) is 5.36. The van der Waals surface area contributed by atoms with Crippen LogP contribution in [-0.4, -0.2) is 7.48 Å². The second kappa shape index (κ2) is 1.70. The minimum atomic E-state index is 1.62. The van der Waals surface area contributed by atoms with Crippen LogP contribution in [0.2, 0.25) is 0 Å². The largest absolute Gasteiger partial charge is 0.563 e. The second-order valence-corrected chi connectivity index (χ2v) is 0.986. The lowest BCUT2D eigenvalue weighted by molar-refractivity contribution is 0.520. The van der Waals surface area contributed by atoms with Gasteiger partial charge in [0.05, 0.1) is 6.26 Å². The molecule has 6 heavy (non-hydrogen) atoms. The Balaban J connectivity index is 2.46. The summed E-state index contributed by atoms with van der Waals surface area (Å²) in [5.41, 5.74) is 0. The van der Waals surface area contributed by atoms with Crippen LogP contribution in [0.5, 0.6) is 0 Å². The van der Waals surface area contributed by atoms with Crippen molar-refractivity contribution < 1.29 is 4.65 Å². The minimum absolute atomic E-state index is 1.62. The molecule has 1 aliphatic heterocycles. The Kier molecular flexibility index (Phi) is 1.00. The molecule has 1 radical (unpaired) electrons. The molecule has 0 amide bonds. The fourth-order valence-corrected chi connectivity index (χ4v) is 0.291. The molecule has 0 fully saturated rings. The molecule has 0 aromatic heterocycles. The van der Waals surface area contributed by atoms with Crippen LogP contribution in [0.1, 0.15) is 0 Å². The fourth-order valence-electron chi connectivity index (χ4n) is 0.291. The molecule has 0 aromatic carbocycles. The lowest BCUT2D eigenvalue weighted by Gasteiger charge is -1.92. The Bertz CT molecular complexity index is 73.5. The van der Waals surface area contributed by atoms with Gasteiger partial charge in [0.25, 0.3) is 0 Å². The summed E-state index contributed by atoms with van der Waals surface area (Å²) in [7, 11) is 1.62. The van der Waals surface area contributed by atoms with Gasteiger partial charge in [-0.3, -0.25) is 0 Å². The molecule has 0 aromatic rings. The standard InChI is InChI=1S/C4H4BO/c1-2-4-6-5-3-1/h1-4H. The van der Waals surface area contributed by atoms with Crippen molar-refractivity contribution in [3.63, 3.8) is 0 Å². The maximum absolute atomic E-state index is 4.68. The van der Waals surface area contributed by atoms with Gasteiger partial charge in [0.15, 0.2) is 0 Å². The van der Waals surface area contributed by atoms with Crippen LogP contribution in [0.25, 0.3) is 0 Å². The Labute approximate surface area is 37.6 Å². The van der Waals surface area contributed by atoms with Crippen LogP contribution >= 0.6 is 0 Å². The quantitative estimate of drug-likeness (QED) is 0.387. The lowest BCUT2D eigenvalue weighted by atomic mass is 10.0. The van der Waals surface area contributed by atoms with E-state index in [1.807, 2.05) is 18.1 Å². The first-order valence-electron chi connectivity index (χ1n) is 1.80. The van der Waals surface area contributed by atoms with Crippen molar-refractivity contribution in [3.05, 3.63) is 24.4 Å². The highest BCUT2D eigenvalue weighted by Crippen LogP contribution is 1.84. The lowest BCUT2D eigenvalue weighted by Crippen LogP contribution is -1.88. The topological polar surface area (TPSA) is 9.23 Å². The molecule has 1 nitrogen and oxygen atoms in total. The smallest absolute Gasteiger partial charge is 0.400 e. The van der Waals surface area contributed by atoms with Gasteiger partial charge in [0.1, 0.15) is 0 Å². The molecular formula is C4H4BO. The summed E-state index contributed by atoms with van der Waals surface area (Å²) in [6, 6.07) is 0. The van der Waals surface area contributed by atoms with Crippen LogP contribution in [0.15, 0.2) is 24.4 Å². The zero-order valence-electron chi connectivity index (χ0n) is 3.29. The zero-order chi connectivity index (χ0) is 4.24. The van der Waals surface area contributed by atoms with Crippen molar-refractivity contribution >= 4 is 7.48 Å². The average Bonchev–Trinajstić information content (AvgIpc) is 1.72. The highest BCUT2D eigenvalue weighted by atomic mass is 16.4. The van der Waals surface area contributed by atoms with Crippen LogP contribution in [0.4, 0.5) is 0 Å². The first kappa shape index (κ1) is 3.53. The third-order valence-corrected chi connectivity index (χ3v) is 0.536. The van der Waals surface area contributed by atoms with E-state index in [1.165, 1.54) is 0 Å². The van der Waals surface area contributed by atoms with Crippen molar-refractivity contribution in [1.82, 2.24) is 0 Å². The summed E-state index contributed by atoms with van der Waals surface area (Å²) >= 11 is 0. The zero-order valence-corrected chi connectivity index (χ0v) is 3.29. The molecule has 0 unspecified atom stereocenters. The van der Waals surface area contributed by atoms with Crippen molar-refractivity contribution in [2.75, 3.05) is 0 Å². The molecule has 0 N–H and O–H groups in total. The third-order valence-electron chi connectivity index (χ3n) is 0.536. The van der Waals surface area contributed by atoms with Gasteiger partial charge in [-0.15, -0.1) is 0 Å². The highest BCUT2D eigenvalue weighted by molar-refractivity contribution is 6.34. The van der Waals surface area contributed by atoms with Crippen molar-refractivity contribution in [2.45, 2.75) is 0 Å². The molecular weight excluding hydrogens is 74.9 g/mol. The molecule has 0 aliphatic carbocycles. The van der Waals surface area contributed by atoms with Gasteiger partial charge in [-0.2, -0.15) is 0 Å². The highest BCUT2D eigenvalue weighted by Gasteiger charge is 1.82. The van der Waals surface area contributed by atoms with Crippen LogP contribution in [-0.2, 0) is 4.65 Å². The molecule has 1 aliphatic rings. The molecule has 0 saturated heterocycles. The molecule has 29 valence electrons. The predicted octanol–water partition coefficient (Wildman–Crippen LogP) is 0.663. The van der Waals surface area contributed by atoms with Gasteiger partial charge in [-0.25, -0.2) is 0 Å². The normalized spacial score (nSPS) is 16.0. The summed E-state index contributed by atoms with van der Waals surface area (Å²) in [6.45, 7) is 0. The van der Waals surface area contributed by atoms with Crippen LogP contribution < -0.4 is 0 Å². The molecule has 0 bridgehead atoms. The first-order chi connectivity index (χ1) is 3.00. The van der Waals surface area contributed by atoms with E-state index >= 15 is 0 Å². The van der Waals surface area contributed by atoms with Crippen molar-refractivity contribution in [3.8, 4) is 0 Å². The molecule has 1 rings (SSSR count). The number of allylic oxidation sites excluding steroid dienone is 2. The molecule has 0 atom stereocenters. The Morgan fingerprint density at radius 3 is 2.50 bits per heavy atom. The van der Waals surface area contributed by atoms with E-state index in [4.69, 9.17) is 0 Å². The van der Waals surface area contributed by atoms with Gasteiger partial charge in [-0.05, 0) is 6.08 Å². The van der Waals surface area contributed by atoms with Gasteiger partial charge < -0.3 is 4.65 Å². The van der Waals surface area contributed by atoms with Gasteiger partial charge in [0, 0.05) is 0 Å². The Morgan fingerprint density at radius 1 is 1.33 bits per heavy atom. The minimum Gasteiger partial charge on any atom is -0.563 e. The number of hydrogen-bond donors (Lipinski definition) is 0. The van der Waals surface area contributed by atoms with E-state index in [0.29, 0.717) is 0 Å². The molecule has 0 spiro atoms. The first-order valence-corrected chi connectivity index (χ1v) is 1.80. The van der Waals surface area contributed by atoms with Crippen molar-refractivity contribution in [1.29, 1.82) is 0 Å². The van der Waals surface area contributed by atoms with E-state index in [9.17, 15) is 0 Å². The van der Waals surface area contributed by atoms with E-state index in [0.717, 1.165) is 0 Å². The number of hydrogen-bond acceptors (Lipinski definition) is 1. The second-order valence-electron chi connectivity index (χ2n) is 0.986. The molecule has 2 heteroatoms. The van der Waals surface area contributed by atoms with Crippen LogP contribution in [0, 0.1) is 0 Å². The SMILES string of the molecule is [B]1C=CC=CO1. The maximum Gasteiger partial charge on any atom is 0.400 e. The fraction of sp³-hybridized carbons (Fsp3) is 0. The van der Waals surface area contributed by atoms with E-state index < -0.39 is 0 Å². The maximum atomic E-state index is 4.68. The predicted molar refractivity (Wildman–Crippen MR) is 25.1 cm³/mol. The monoisotopic (exact) mass is 79.0 g/mol.